The van der Waals surface area contributed by atoms with Crippen LogP contribution in [0.5, 0.6) is 5.75 Å². The number of hydrogen-bond donors (Lipinski definition) is 2. The van der Waals surface area contributed by atoms with Gasteiger partial charge in [0.2, 0.25) is 5.91 Å². The molecular formula is C16H26N2O2. The lowest BCUT2D eigenvalue weighted by Crippen LogP contribution is -2.33. The monoisotopic (exact) mass is 278 g/mol. The molecule has 0 radical (unpaired) electrons. The molecule has 0 fully saturated rings. The summed E-state index contributed by atoms with van der Waals surface area (Å²) < 4.78 is 5.50. The number of nitrogen functional groups attached to an aromatic ring is 1. The molecule has 112 valence electrons. The number of carbonyl (C=O) groups excluding carboxylic acids is 1. The second kappa shape index (κ2) is 9.23. The molecule has 4 heteroatoms. The lowest BCUT2D eigenvalue weighted by Gasteiger charge is -2.14. The lowest BCUT2D eigenvalue weighted by atomic mass is 10.1. The maximum atomic E-state index is 11.7. The molecule has 1 unspecified atom stereocenters. The first-order valence-electron chi connectivity index (χ1n) is 7.40. The van der Waals surface area contributed by atoms with E-state index in [4.69, 9.17) is 10.5 Å². The van der Waals surface area contributed by atoms with Crippen molar-refractivity contribution < 1.29 is 9.53 Å². The Morgan fingerprint density at radius 1 is 1.35 bits per heavy atom. The van der Waals surface area contributed by atoms with Crippen molar-refractivity contribution in [1.82, 2.24) is 5.32 Å². The number of para-hydroxylation sites is 2. The van der Waals surface area contributed by atoms with E-state index in [0.29, 0.717) is 24.5 Å². The van der Waals surface area contributed by atoms with E-state index in [0.717, 1.165) is 12.8 Å². The Bertz CT molecular complexity index is 407. The molecule has 1 rings (SSSR count). The van der Waals surface area contributed by atoms with Gasteiger partial charge in [-0.05, 0) is 25.5 Å². The smallest absolute Gasteiger partial charge is 0.223 e. The van der Waals surface area contributed by atoms with Crippen molar-refractivity contribution in [3.8, 4) is 5.75 Å². The molecule has 0 aliphatic heterocycles. The van der Waals surface area contributed by atoms with Gasteiger partial charge >= 0.3 is 0 Å². The molecule has 0 aliphatic rings. The molecule has 0 heterocycles. The number of amides is 1. The molecule has 0 aromatic heterocycles. The number of nitrogens with one attached hydrogen (secondary N) is 1. The summed E-state index contributed by atoms with van der Waals surface area (Å²) in [6.07, 6.45) is 4.97. The molecule has 1 aromatic carbocycles. The fraction of sp³-hybridized carbons (Fsp3) is 0.562. The average molecular weight is 278 g/mol. The summed E-state index contributed by atoms with van der Waals surface area (Å²) >= 11 is 0. The van der Waals surface area contributed by atoms with E-state index in [1.54, 1.807) is 12.1 Å². The van der Waals surface area contributed by atoms with Gasteiger partial charge in [-0.1, -0.05) is 38.3 Å². The predicted molar refractivity (Wildman–Crippen MR) is 82.7 cm³/mol. The molecule has 20 heavy (non-hydrogen) atoms. The third kappa shape index (κ3) is 6.45. The fourth-order valence-corrected chi connectivity index (χ4v) is 1.99. The van der Waals surface area contributed by atoms with Crippen molar-refractivity contribution in [3.63, 3.8) is 0 Å². The predicted octanol–water partition coefficient (Wildman–Crippen LogP) is 3.12. The number of hydrogen-bond acceptors (Lipinski definition) is 3. The van der Waals surface area contributed by atoms with Gasteiger partial charge in [-0.15, -0.1) is 0 Å². The highest BCUT2D eigenvalue weighted by molar-refractivity contribution is 5.76. The second-order valence-corrected chi connectivity index (χ2v) is 5.10. The minimum Gasteiger partial charge on any atom is -0.491 e. The van der Waals surface area contributed by atoms with Crippen LogP contribution in [0.4, 0.5) is 5.69 Å². The lowest BCUT2D eigenvalue weighted by molar-refractivity contribution is -0.122. The average Bonchev–Trinajstić information content (AvgIpc) is 2.41. The van der Waals surface area contributed by atoms with Crippen molar-refractivity contribution in [3.05, 3.63) is 24.3 Å². The molecule has 1 amide bonds. The van der Waals surface area contributed by atoms with Crippen LogP contribution in [0.1, 0.15) is 46.0 Å². The number of carbonyl (C=O) groups is 1. The molecule has 0 spiro atoms. The van der Waals surface area contributed by atoms with E-state index in [1.807, 2.05) is 19.1 Å². The zero-order chi connectivity index (χ0) is 14.8. The minimum absolute atomic E-state index is 0.0310. The van der Waals surface area contributed by atoms with Crippen LogP contribution in [0.3, 0.4) is 0 Å². The number of benzene rings is 1. The molecule has 0 aliphatic carbocycles. The van der Waals surface area contributed by atoms with E-state index >= 15 is 0 Å². The van der Waals surface area contributed by atoms with Crippen LogP contribution in [-0.4, -0.2) is 18.6 Å². The van der Waals surface area contributed by atoms with Gasteiger partial charge in [-0.2, -0.15) is 0 Å². The van der Waals surface area contributed by atoms with Gasteiger partial charge in [0.25, 0.3) is 0 Å². The highest BCUT2D eigenvalue weighted by Gasteiger charge is 2.07. The Hall–Kier alpha value is -1.71. The van der Waals surface area contributed by atoms with Gasteiger partial charge in [0.15, 0.2) is 0 Å². The molecule has 0 bridgehead atoms. The van der Waals surface area contributed by atoms with Crippen molar-refractivity contribution in [2.75, 3.05) is 12.3 Å². The van der Waals surface area contributed by atoms with Gasteiger partial charge in [0.05, 0.1) is 18.7 Å². The summed E-state index contributed by atoms with van der Waals surface area (Å²) in [4.78, 5) is 11.7. The highest BCUT2D eigenvalue weighted by atomic mass is 16.5. The molecule has 0 saturated heterocycles. The number of anilines is 1. The van der Waals surface area contributed by atoms with Crippen LogP contribution in [-0.2, 0) is 4.79 Å². The van der Waals surface area contributed by atoms with Crippen LogP contribution in [0.15, 0.2) is 24.3 Å². The van der Waals surface area contributed by atoms with Crippen molar-refractivity contribution >= 4 is 11.6 Å². The molecular weight excluding hydrogens is 252 g/mol. The summed E-state index contributed by atoms with van der Waals surface area (Å²) in [7, 11) is 0. The maximum Gasteiger partial charge on any atom is 0.223 e. The Labute approximate surface area is 121 Å². The third-order valence-corrected chi connectivity index (χ3v) is 3.15. The zero-order valence-electron chi connectivity index (χ0n) is 12.5. The first-order chi connectivity index (χ1) is 9.63. The van der Waals surface area contributed by atoms with Crippen LogP contribution in [0, 0.1) is 0 Å². The van der Waals surface area contributed by atoms with E-state index in [1.165, 1.54) is 12.8 Å². The Morgan fingerprint density at radius 2 is 2.10 bits per heavy atom. The van der Waals surface area contributed by atoms with Crippen LogP contribution in [0.25, 0.3) is 0 Å². The molecule has 4 nitrogen and oxygen atoms in total. The topological polar surface area (TPSA) is 64.3 Å². The molecule has 3 N–H and O–H groups in total. The van der Waals surface area contributed by atoms with Crippen LogP contribution < -0.4 is 15.8 Å². The molecule has 0 saturated carbocycles. The number of ether oxygens (including phenoxy) is 1. The fourth-order valence-electron chi connectivity index (χ4n) is 1.99. The SMILES string of the molecule is CCCCCC(C)NC(=O)CCOc1ccccc1N. The minimum atomic E-state index is 0.0310. The summed E-state index contributed by atoms with van der Waals surface area (Å²) in [6.45, 7) is 4.57. The van der Waals surface area contributed by atoms with E-state index in [9.17, 15) is 4.79 Å². The first kappa shape index (κ1) is 16.3. The highest BCUT2D eigenvalue weighted by Crippen LogP contribution is 2.19. The van der Waals surface area contributed by atoms with Gasteiger partial charge < -0.3 is 15.8 Å². The van der Waals surface area contributed by atoms with Gasteiger partial charge in [0, 0.05) is 6.04 Å². The van der Waals surface area contributed by atoms with Gasteiger partial charge in [0.1, 0.15) is 5.75 Å². The van der Waals surface area contributed by atoms with Crippen LogP contribution in [0.2, 0.25) is 0 Å². The first-order valence-corrected chi connectivity index (χ1v) is 7.40. The van der Waals surface area contributed by atoms with Crippen molar-refractivity contribution in [2.24, 2.45) is 0 Å². The molecule has 1 atom stereocenters. The largest absolute Gasteiger partial charge is 0.491 e. The van der Waals surface area contributed by atoms with Gasteiger partial charge in [-0.25, -0.2) is 0 Å². The summed E-state index contributed by atoms with van der Waals surface area (Å²) in [5.74, 6) is 0.666. The van der Waals surface area contributed by atoms with E-state index < -0.39 is 0 Å². The number of nitrogens with two attached hydrogens (primary N) is 1. The Kier molecular flexibility index (Phi) is 7.55. The summed E-state index contributed by atoms with van der Waals surface area (Å²) in [5.41, 5.74) is 6.36. The zero-order valence-corrected chi connectivity index (χ0v) is 12.5. The van der Waals surface area contributed by atoms with E-state index in [-0.39, 0.29) is 11.9 Å². The molecule has 1 aromatic rings. The third-order valence-electron chi connectivity index (χ3n) is 3.15. The van der Waals surface area contributed by atoms with Crippen LogP contribution >= 0.6 is 0 Å². The Morgan fingerprint density at radius 3 is 2.80 bits per heavy atom. The standard InChI is InChI=1S/C16H26N2O2/c1-3-4-5-8-13(2)18-16(19)11-12-20-15-10-7-6-9-14(15)17/h6-7,9-10,13H,3-5,8,11-12,17H2,1-2H3,(H,18,19). The summed E-state index contributed by atoms with van der Waals surface area (Å²) in [6, 6.07) is 7.54. The summed E-state index contributed by atoms with van der Waals surface area (Å²) in [5, 5.41) is 2.99. The Balaban J connectivity index is 2.18. The van der Waals surface area contributed by atoms with Crippen molar-refractivity contribution in [1.29, 1.82) is 0 Å². The maximum absolute atomic E-state index is 11.7. The van der Waals surface area contributed by atoms with Gasteiger partial charge in [-0.3, -0.25) is 4.79 Å². The quantitative estimate of drug-likeness (QED) is 0.539. The number of rotatable bonds is 9. The normalized spacial score (nSPS) is 11.9. The van der Waals surface area contributed by atoms with E-state index in [2.05, 4.69) is 12.2 Å². The number of unbranched alkanes of at least 4 members (excludes halogenated alkanes) is 2. The second-order valence-electron chi connectivity index (χ2n) is 5.10. The van der Waals surface area contributed by atoms with Crippen molar-refractivity contribution in [2.45, 2.75) is 52.0 Å².